The van der Waals surface area contributed by atoms with Gasteiger partial charge < -0.3 is 0 Å². The van der Waals surface area contributed by atoms with Gasteiger partial charge in [0.05, 0.1) is 0 Å². The summed E-state index contributed by atoms with van der Waals surface area (Å²) in [5.74, 6) is 0. The summed E-state index contributed by atoms with van der Waals surface area (Å²) in [5.41, 5.74) is 1.04. The van der Waals surface area contributed by atoms with Crippen LogP contribution in [0.15, 0.2) is 11.6 Å². The van der Waals surface area contributed by atoms with E-state index in [2.05, 4.69) is 0 Å². The van der Waals surface area contributed by atoms with Crippen LogP contribution in [0.4, 0.5) is 8.78 Å². The Balaban J connectivity index is 3.43. The van der Waals surface area contributed by atoms with Crippen molar-refractivity contribution in [1.82, 2.24) is 0 Å². The lowest BCUT2D eigenvalue weighted by Crippen LogP contribution is -1.85. The summed E-state index contributed by atoms with van der Waals surface area (Å²) >= 11 is 0. The molecule has 9 heavy (non-hydrogen) atoms. The number of allylic oxidation sites excluding steroid dienone is 2. The van der Waals surface area contributed by atoms with E-state index in [9.17, 15) is 8.78 Å². The minimum atomic E-state index is -2.19. The molecule has 0 aliphatic carbocycles. The number of hydrogen-bond acceptors (Lipinski definition) is 0. The van der Waals surface area contributed by atoms with E-state index >= 15 is 0 Å². The fourth-order valence-corrected chi connectivity index (χ4v) is 0.435. The first-order valence-corrected chi connectivity index (χ1v) is 3.10. The molecule has 2 heteroatoms. The van der Waals surface area contributed by atoms with Crippen LogP contribution in [-0.2, 0) is 0 Å². The SMILES string of the molecule is CCC(C)=CCC(F)F. The van der Waals surface area contributed by atoms with E-state index in [1.165, 1.54) is 0 Å². The monoisotopic (exact) mass is 134 g/mol. The summed E-state index contributed by atoms with van der Waals surface area (Å²) in [7, 11) is 0. The zero-order valence-corrected chi connectivity index (χ0v) is 5.82. The van der Waals surface area contributed by atoms with Gasteiger partial charge in [0.15, 0.2) is 0 Å². The highest BCUT2D eigenvalue weighted by Crippen LogP contribution is 2.05. The predicted octanol–water partition coefficient (Wildman–Crippen LogP) is 3.00. The van der Waals surface area contributed by atoms with Crippen molar-refractivity contribution in [3.8, 4) is 0 Å². The minimum absolute atomic E-state index is 0.0975. The predicted molar refractivity (Wildman–Crippen MR) is 34.7 cm³/mol. The van der Waals surface area contributed by atoms with Gasteiger partial charge in [-0.05, 0) is 13.3 Å². The van der Waals surface area contributed by atoms with Crippen molar-refractivity contribution < 1.29 is 8.78 Å². The summed E-state index contributed by atoms with van der Waals surface area (Å²) < 4.78 is 23.0. The molecule has 0 rings (SSSR count). The molecule has 0 heterocycles. The molecule has 0 amide bonds. The maximum Gasteiger partial charge on any atom is 0.242 e. The van der Waals surface area contributed by atoms with E-state index < -0.39 is 6.43 Å². The number of hydrogen-bond donors (Lipinski definition) is 0. The quantitative estimate of drug-likeness (QED) is 0.520. The Morgan fingerprint density at radius 3 is 2.44 bits per heavy atom. The molecule has 0 aliphatic rings. The molecule has 0 bridgehead atoms. The van der Waals surface area contributed by atoms with E-state index in [1.54, 1.807) is 6.08 Å². The Hall–Kier alpha value is -0.400. The zero-order valence-electron chi connectivity index (χ0n) is 5.82. The molecule has 0 fully saturated rings. The smallest absolute Gasteiger partial charge is 0.210 e. The van der Waals surface area contributed by atoms with Crippen LogP contribution in [-0.4, -0.2) is 6.43 Å². The molecule has 0 unspecified atom stereocenters. The molecule has 0 aromatic carbocycles. The van der Waals surface area contributed by atoms with E-state index in [0.717, 1.165) is 12.0 Å². The van der Waals surface area contributed by atoms with Gasteiger partial charge in [-0.15, -0.1) is 0 Å². The third-order valence-corrected chi connectivity index (χ3v) is 1.20. The second-order valence-electron chi connectivity index (χ2n) is 2.03. The van der Waals surface area contributed by atoms with Gasteiger partial charge in [0.2, 0.25) is 6.43 Å². The van der Waals surface area contributed by atoms with Crippen LogP contribution in [0.2, 0.25) is 0 Å². The van der Waals surface area contributed by atoms with Crippen molar-refractivity contribution in [2.45, 2.75) is 33.1 Å². The summed E-state index contributed by atoms with van der Waals surface area (Å²) in [6, 6.07) is 0. The molecule has 0 N–H and O–H groups in total. The summed E-state index contributed by atoms with van der Waals surface area (Å²) in [5, 5.41) is 0. The molecular formula is C7H12F2. The Morgan fingerprint density at radius 1 is 1.56 bits per heavy atom. The van der Waals surface area contributed by atoms with Gasteiger partial charge in [0.25, 0.3) is 0 Å². The lowest BCUT2D eigenvalue weighted by Gasteiger charge is -1.93. The summed E-state index contributed by atoms with van der Waals surface area (Å²) in [4.78, 5) is 0. The highest BCUT2D eigenvalue weighted by molar-refractivity contribution is 4.96. The van der Waals surface area contributed by atoms with Crippen molar-refractivity contribution in [1.29, 1.82) is 0 Å². The topological polar surface area (TPSA) is 0 Å². The molecule has 0 aliphatic heterocycles. The van der Waals surface area contributed by atoms with Gasteiger partial charge in [0.1, 0.15) is 0 Å². The fraction of sp³-hybridized carbons (Fsp3) is 0.714. The second-order valence-corrected chi connectivity index (χ2v) is 2.03. The van der Waals surface area contributed by atoms with E-state index in [1.807, 2.05) is 13.8 Å². The van der Waals surface area contributed by atoms with E-state index in [0.29, 0.717) is 0 Å². The molecule has 0 spiro atoms. The maximum absolute atomic E-state index is 11.5. The van der Waals surface area contributed by atoms with Gasteiger partial charge in [-0.25, -0.2) is 8.78 Å². The molecule has 0 nitrogen and oxygen atoms in total. The van der Waals surface area contributed by atoms with Crippen molar-refractivity contribution in [3.05, 3.63) is 11.6 Å². The molecule has 0 aromatic rings. The van der Waals surface area contributed by atoms with Crippen molar-refractivity contribution in [2.75, 3.05) is 0 Å². The second kappa shape index (κ2) is 4.48. The summed E-state index contributed by atoms with van der Waals surface area (Å²) in [6.45, 7) is 3.82. The van der Waals surface area contributed by atoms with E-state index in [-0.39, 0.29) is 6.42 Å². The lowest BCUT2D eigenvalue weighted by atomic mass is 10.2. The molecule has 0 saturated carbocycles. The van der Waals surface area contributed by atoms with Gasteiger partial charge in [0, 0.05) is 6.42 Å². The first-order valence-electron chi connectivity index (χ1n) is 3.10. The maximum atomic E-state index is 11.5. The first kappa shape index (κ1) is 8.60. The summed E-state index contributed by atoms with van der Waals surface area (Å²) in [6.07, 6.45) is 0.170. The number of halogens is 2. The van der Waals surface area contributed by atoms with E-state index in [4.69, 9.17) is 0 Å². The van der Waals surface area contributed by atoms with Crippen LogP contribution >= 0.6 is 0 Å². The third-order valence-electron chi connectivity index (χ3n) is 1.20. The Labute approximate surface area is 54.6 Å². The average molecular weight is 134 g/mol. The lowest BCUT2D eigenvalue weighted by molar-refractivity contribution is 0.152. The van der Waals surface area contributed by atoms with Crippen molar-refractivity contribution in [3.63, 3.8) is 0 Å². The largest absolute Gasteiger partial charge is 0.242 e. The van der Waals surface area contributed by atoms with Crippen LogP contribution in [0, 0.1) is 0 Å². The van der Waals surface area contributed by atoms with Crippen LogP contribution in [0.3, 0.4) is 0 Å². The number of rotatable bonds is 3. The molecule has 0 saturated heterocycles. The van der Waals surface area contributed by atoms with Gasteiger partial charge in [-0.2, -0.15) is 0 Å². The van der Waals surface area contributed by atoms with Crippen LogP contribution in [0.25, 0.3) is 0 Å². The zero-order chi connectivity index (χ0) is 7.28. The number of alkyl halides is 2. The molecule has 54 valence electrons. The molecule has 0 radical (unpaired) electrons. The van der Waals surface area contributed by atoms with Crippen LogP contribution < -0.4 is 0 Å². The van der Waals surface area contributed by atoms with Crippen molar-refractivity contribution in [2.24, 2.45) is 0 Å². The average Bonchev–Trinajstić information content (AvgIpc) is 1.83. The van der Waals surface area contributed by atoms with Crippen LogP contribution in [0.1, 0.15) is 26.7 Å². The van der Waals surface area contributed by atoms with Gasteiger partial charge in [-0.3, -0.25) is 0 Å². The normalized spacial score (nSPS) is 12.8. The first-order chi connectivity index (χ1) is 4.16. The fourth-order valence-electron chi connectivity index (χ4n) is 0.435. The molecule has 0 atom stereocenters. The highest BCUT2D eigenvalue weighted by Gasteiger charge is 1.96. The minimum Gasteiger partial charge on any atom is -0.210 e. The Bertz CT molecular complexity index is 95.1. The highest BCUT2D eigenvalue weighted by atomic mass is 19.3. The third kappa shape index (κ3) is 5.47. The van der Waals surface area contributed by atoms with Gasteiger partial charge >= 0.3 is 0 Å². The van der Waals surface area contributed by atoms with Crippen molar-refractivity contribution >= 4 is 0 Å². The van der Waals surface area contributed by atoms with Gasteiger partial charge in [-0.1, -0.05) is 18.6 Å². The Kier molecular flexibility index (Phi) is 4.28. The van der Waals surface area contributed by atoms with Crippen LogP contribution in [0.5, 0.6) is 0 Å². The Morgan fingerprint density at radius 2 is 2.11 bits per heavy atom. The molecular weight excluding hydrogens is 122 g/mol. The molecule has 0 aromatic heterocycles. The standard InChI is InChI=1S/C7H12F2/c1-3-6(2)4-5-7(8)9/h4,7H,3,5H2,1-2H3.